The molecule has 0 fully saturated rings. The van der Waals surface area contributed by atoms with Crippen LogP contribution in [0.15, 0.2) is 23.6 Å². The minimum atomic E-state index is -0.537. The minimum absolute atomic E-state index is 0.0963. The first kappa shape index (κ1) is 15.2. The summed E-state index contributed by atoms with van der Waals surface area (Å²) in [6.45, 7) is 4.32. The van der Waals surface area contributed by atoms with Gasteiger partial charge in [-0.15, -0.1) is 11.3 Å². The molecule has 2 aromatic heterocycles. The standard InChI is InChI=1S/C13H16N4O3S/c1-9(13(18)14-7-11-4-3-5-21-11)8-16-10(2)6-12(15-16)17(19)20/h3-6,9H,7-8H2,1-2H3,(H,14,18)/t9-/m1/s1. The Bertz CT molecular complexity index is 636. The maximum absolute atomic E-state index is 12.0. The van der Waals surface area contributed by atoms with E-state index in [1.54, 1.807) is 25.2 Å². The van der Waals surface area contributed by atoms with Gasteiger partial charge in [-0.3, -0.25) is 4.79 Å². The van der Waals surface area contributed by atoms with Gasteiger partial charge < -0.3 is 15.4 Å². The molecule has 8 heteroatoms. The summed E-state index contributed by atoms with van der Waals surface area (Å²) in [5.74, 6) is -0.609. The zero-order valence-electron chi connectivity index (χ0n) is 11.8. The molecule has 112 valence electrons. The monoisotopic (exact) mass is 308 g/mol. The molecule has 7 nitrogen and oxygen atoms in total. The van der Waals surface area contributed by atoms with E-state index >= 15 is 0 Å². The highest BCUT2D eigenvalue weighted by atomic mass is 32.1. The molecule has 0 aliphatic carbocycles. The molecule has 2 rings (SSSR count). The normalized spacial score (nSPS) is 12.1. The van der Waals surface area contributed by atoms with Crippen molar-refractivity contribution in [1.29, 1.82) is 0 Å². The highest BCUT2D eigenvalue weighted by Gasteiger charge is 2.20. The summed E-state index contributed by atoms with van der Waals surface area (Å²) >= 11 is 1.58. The number of nitrogens with zero attached hydrogens (tertiary/aromatic N) is 3. The number of aromatic nitrogens is 2. The van der Waals surface area contributed by atoms with E-state index in [4.69, 9.17) is 0 Å². The molecule has 0 saturated heterocycles. The lowest BCUT2D eigenvalue weighted by Gasteiger charge is -2.10. The Hall–Kier alpha value is -2.22. The maximum Gasteiger partial charge on any atom is 0.390 e. The predicted octanol–water partition coefficient (Wildman–Crippen LogP) is 2.11. The van der Waals surface area contributed by atoms with Crippen LogP contribution >= 0.6 is 11.3 Å². The number of rotatable bonds is 6. The Balaban J connectivity index is 1.92. The summed E-state index contributed by atoms with van der Waals surface area (Å²) in [4.78, 5) is 23.2. The van der Waals surface area contributed by atoms with Crippen LogP contribution < -0.4 is 5.32 Å². The van der Waals surface area contributed by atoms with Crippen molar-refractivity contribution in [2.24, 2.45) is 5.92 Å². The molecule has 0 spiro atoms. The van der Waals surface area contributed by atoms with Gasteiger partial charge in [-0.1, -0.05) is 13.0 Å². The third-order valence-corrected chi connectivity index (χ3v) is 3.94. The van der Waals surface area contributed by atoms with Gasteiger partial charge in [0.1, 0.15) is 0 Å². The van der Waals surface area contributed by atoms with E-state index in [-0.39, 0.29) is 17.6 Å². The van der Waals surface area contributed by atoms with E-state index in [0.29, 0.717) is 18.8 Å². The second-order valence-electron chi connectivity index (χ2n) is 4.78. The van der Waals surface area contributed by atoms with E-state index in [2.05, 4.69) is 10.4 Å². The third kappa shape index (κ3) is 3.88. The molecule has 2 heterocycles. The number of nitro groups is 1. The van der Waals surface area contributed by atoms with E-state index in [9.17, 15) is 14.9 Å². The Morgan fingerprint density at radius 2 is 2.38 bits per heavy atom. The lowest BCUT2D eigenvalue weighted by Crippen LogP contribution is -2.31. The summed E-state index contributed by atoms with van der Waals surface area (Å²) in [6.07, 6.45) is 0. The number of carbonyl (C=O) groups is 1. The third-order valence-electron chi connectivity index (χ3n) is 3.07. The molecule has 0 bridgehead atoms. The maximum atomic E-state index is 12.0. The van der Waals surface area contributed by atoms with Crippen LogP contribution in [-0.4, -0.2) is 20.6 Å². The van der Waals surface area contributed by atoms with E-state index < -0.39 is 4.92 Å². The van der Waals surface area contributed by atoms with Gasteiger partial charge in [0.2, 0.25) is 5.91 Å². The van der Waals surface area contributed by atoms with Crippen molar-refractivity contribution in [3.8, 4) is 0 Å². The fourth-order valence-corrected chi connectivity index (χ4v) is 2.52. The van der Waals surface area contributed by atoms with E-state index in [1.165, 1.54) is 10.7 Å². The predicted molar refractivity (Wildman–Crippen MR) is 78.9 cm³/mol. The van der Waals surface area contributed by atoms with Crippen molar-refractivity contribution in [2.75, 3.05) is 0 Å². The highest BCUT2D eigenvalue weighted by Crippen LogP contribution is 2.13. The van der Waals surface area contributed by atoms with E-state index in [1.807, 2.05) is 17.5 Å². The average molecular weight is 308 g/mol. The van der Waals surface area contributed by atoms with Gasteiger partial charge in [0, 0.05) is 4.88 Å². The number of aryl methyl sites for hydroxylation is 1. The quantitative estimate of drug-likeness (QED) is 0.653. The Morgan fingerprint density at radius 1 is 1.62 bits per heavy atom. The number of carbonyl (C=O) groups excluding carboxylic acids is 1. The Kier molecular flexibility index (Phi) is 4.69. The van der Waals surface area contributed by atoms with Crippen molar-refractivity contribution >= 4 is 23.1 Å². The van der Waals surface area contributed by atoms with Crippen LogP contribution in [0.3, 0.4) is 0 Å². The summed E-state index contributed by atoms with van der Waals surface area (Å²) in [7, 11) is 0. The van der Waals surface area contributed by atoms with Gasteiger partial charge in [-0.05, 0) is 23.3 Å². The molecular weight excluding hydrogens is 292 g/mol. The summed E-state index contributed by atoms with van der Waals surface area (Å²) in [5.41, 5.74) is 0.666. The van der Waals surface area contributed by atoms with Crippen molar-refractivity contribution in [3.63, 3.8) is 0 Å². The van der Waals surface area contributed by atoms with Gasteiger partial charge in [0.05, 0.1) is 35.9 Å². The fourth-order valence-electron chi connectivity index (χ4n) is 1.87. The van der Waals surface area contributed by atoms with Gasteiger partial charge in [0.15, 0.2) is 0 Å². The molecule has 1 atom stereocenters. The zero-order chi connectivity index (χ0) is 15.4. The lowest BCUT2D eigenvalue weighted by molar-refractivity contribution is -0.389. The van der Waals surface area contributed by atoms with Gasteiger partial charge in [0.25, 0.3) is 0 Å². The zero-order valence-corrected chi connectivity index (χ0v) is 12.6. The first-order valence-corrected chi connectivity index (χ1v) is 7.34. The molecule has 1 N–H and O–H groups in total. The van der Waals surface area contributed by atoms with Gasteiger partial charge in [-0.25, -0.2) is 0 Å². The van der Waals surface area contributed by atoms with Crippen LogP contribution in [0.2, 0.25) is 0 Å². The fraction of sp³-hybridized carbons (Fsp3) is 0.385. The SMILES string of the molecule is Cc1cc([N+](=O)[O-])nn1C[C@@H](C)C(=O)NCc1cccs1. The van der Waals surface area contributed by atoms with Crippen LogP contribution in [-0.2, 0) is 17.9 Å². The van der Waals surface area contributed by atoms with Crippen molar-refractivity contribution in [2.45, 2.75) is 26.9 Å². The Labute approximate surface area is 125 Å². The summed E-state index contributed by atoms with van der Waals surface area (Å²) < 4.78 is 1.49. The second-order valence-corrected chi connectivity index (χ2v) is 5.81. The molecule has 21 heavy (non-hydrogen) atoms. The molecule has 0 aliphatic heterocycles. The number of thiophene rings is 1. The topological polar surface area (TPSA) is 90.1 Å². The average Bonchev–Trinajstić information content (AvgIpc) is 3.06. The van der Waals surface area contributed by atoms with Crippen LogP contribution in [0.1, 0.15) is 17.5 Å². The molecule has 2 aromatic rings. The van der Waals surface area contributed by atoms with E-state index in [0.717, 1.165) is 4.88 Å². The molecule has 0 radical (unpaired) electrons. The smallest absolute Gasteiger partial charge is 0.358 e. The molecule has 0 aromatic carbocycles. The largest absolute Gasteiger partial charge is 0.390 e. The number of nitrogens with one attached hydrogen (secondary N) is 1. The molecule has 0 unspecified atom stereocenters. The van der Waals surface area contributed by atoms with Crippen LogP contribution in [0.4, 0.5) is 5.82 Å². The number of amides is 1. The van der Waals surface area contributed by atoms with Crippen LogP contribution in [0.25, 0.3) is 0 Å². The van der Waals surface area contributed by atoms with Crippen LogP contribution in [0, 0.1) is 23.0 Å². The van der Waals surface area contributed by atoms with Crippen molar-refractivity contribution in [3.05, 3.63) is 44.3 Å². The van der Waals surface area contributed by atoms with Crippen LogP contribution in [0.5, 0.6) is 0 Å². The van der Waals surface area contributed by atoms with Gasteiger partial charge >= 0.3 is 5.82 Å². The molecule has 0 saturated carbocycles. The first-order chi connectivity index (χ1) is 9.97. The highest BCUT2D eigenvalue weighted by molar-refractivity contribution is 7.09. The molecule has 1 amide bonds. The van der Waals surface area contributed by atoms with Gasteiger partial charge in [-0.2, -0.15) is 4.68 Å². The first-order valence-electron chi connectivity index (χ1n) is 6.46. The molecular formula is C13H16N4O3S. The number of hydrogen-bond acceptors (Lipinski definition) is 5. The second kappa shape index (κ2) is 6.49. The number of hydrogen-bond donors (Lipinski definition) is 1. The summed E-state index contributed by atoms with van der Waals surface area (Å²) in [6, 6.07) is 5.29. The minimum Gasteiger partial charge on any atom is -0.358 e. The summed E-state index contributed by atoms with van der Waals surface area (Å²) in [5, 5.41) is 19.4. The Morgan fingerprint density at radius 3 is 2.95 bits per heavy atom. The molecule has 0 aliphatic rings. The van der Waals surface area contributed by atoms with Crippen molar-refractivity contribution < 1.29 is 9.72 Å². The lowest BCUT2D eigenvalue weighted by atomic mass is 10.1. The van der Waals surface area contributed by atoms with Crippen molar-refractivity contribution in [1.82, 2.24) is 15.1 Å².